The van der Waals surface area contributed by atoms with Gasteiger partial charge in [-0.2, -0.15) is 0 Å². The summed E-state index contributed by atoms with van der Waals surface area (Å²) < 4.78 is 5.10. The van der Waals surface area contributed by atoms with E-state index in [1.54, 1.807) is 7.11 Å². The molecule has 0 bridgehead atoms. The van der Waals surface area contributed by atoms with Crippen LogP contribution in [0.25, 0.3) is 0 Å². The lowest BCUT2D eigenvalue weighted by atomic mass is 9.74. The highest BCUT2D eigenvalue weighted by Crippen LogP contribution is 2.41. The van der Waals surface area contributed by atoms with E-state index in [1.165, 1.54) is 10.5 Å². The summed E-state index contributed by atoms with van der Waals surface area (Å²) in [4.78, 5) is 45.5. The number of hydrogen-bond acceptors (Lipinski definition) is 5. The summed E-state index contributed by atoms with van der Waals surface area (Å²) in [6.45, 7) is 6.06. The minimum atomic E-state index is -1.16. The highest BCUT2D eigenvalue weighted by Gasteiger charge is 2.54. The second-order valence-electron chi connectivity index (χ2n) is 9.24. The normalized spacial score (nSPS) is 21.4. The third-order valence-electron chi connectivity index (χ3n) is 7.02. The van der Waals surface area contributed by atoms with E-state index in [4.69, 9.17) is 4.74 Å². The lowest BCUT2D eigenvalue weighted by molar-refractivity contribution is -0.143. The standard InChI is InChI=1S/C27H33N3O4/c1-21-8-6-7-11-23(21)27(19-25(32)30(26(27)33)16-17-34-2)18-24(31)29-14-12-28(13-15-29)20-22-9-4-3-5-10-22/h3-11H,12-20H2,1-2H3/t27-/m0/s1. The summed E-state index contributed by atoms with van der Waals surface area (Å²) in [6, 6.07) is 17.9. The van der Waals surface area contributed by atoms with Crippen molar-refractivity contribution < 1.29 is 19.1 Å². The Labute approximate surface area is 201 Å². The molecular weight excluding hydrogens is 430 g/mol. The average Bonchev–Trinajstić information content (AvgIpc) is 3.08. The molecule has 0 unspecified atom stereocenters. The minimum Gasteiger partial charge on any atom is -0.383 e. The number of carbonyl (C=O) groups is 3. The van der Waals surface area contributed by atoms with Gasteiger partial charge >= 0.3 is 0 Å². The zero-order chi connectivity index (χ0) is 24.1. The molecule has 2 aromatic rings. The number of benzene rings is 2. The fourth-order valence-corrected chi connectivity index (χ4v) is 5.13. The van der Waals surface area contributed by atoms with Gasteiger partial charge in [-0.05, 0) is 23.6 Å². The van der Waals surface area contributed by atoms with E-state index in [0.29, 0.717) is 13.1 Å². The molecule has 3 amide bonds. The molecule has 0 radical (unpaired) electrons. The van der Waals surface area contributed by atoms with Gasteiger partial charge in [-0.1, -0.05) is 54.6 Å². The summed E-state index contributed by atoms with van der Waals surface area (Å²) in [7, 11) is 1.54. The van der Waals surface area contributed by atoms with Gasteiger partial charge in [0.1, 0.15) is 0 Å². The van der Waals surface area contributed by atoms with E-state index >= 15 is 0 Å². The van der Waals surface area contributed by atoms with Gasteiger partial charge in [0.25, 0.3) is 0 Å². The Balaban J connectivity index is 1.49. The zero-order valence-corrected chi connectivity index (χ0v) is 20.0. The molecule has 7 heteroatoms. The van der Waals surface area contributed by atoms with Crippen molar-refractivity contribution in [2.45, 2.75) is 31.7 Å². The zero-order valence-electron chi connectivity index (χ0n) is 20.0. The van der Waals surface area contributed by atoms with Crippen LogP contribution in [0.4, 0.5) is 0 Å². The fraction of sp³-hybridized carbons (Fsp3) is 0.444. The highest BCUT2D eigenvalue weighted by molar-refractivity contribution is 6.11. The van der Waals surface area contributed by atoms with Crippen molar-refractivity contribution in [1.29, 1.82) is 0 Å². The first-order chi connectivity index (χ1) is 16.4. The summed E-state index contributed by atoms with van der Waals surface area (Å²) in [6.07, 6.45) is 0.0186. The van der Waals surface area contributed by atoms with Crippen LogP contribution in [0, 0.1) is 6.92 Å². The Bertz CT molecular complexity index is 1030. The van der Waals surface area contributed by atoms with E-state index < -0.39 is 5.41 Å². The number of imide groups is 1. The predicted octanol–water partition coefficient (Wildman–Crippen LogP) is 2.37. The van der Waals surface area contributed by atoms with Crippen molar-refractivity contribution in [1.82, 2.24) is 14.7 Å². The molecule has 2 heterocycles. The average molecular weight is 464 g/mol. The van der Waals surface area contributed by atoms with Crippen molar-refractivity contribution in [3.05, 3.63) is 71.3 Å². The molecule has 34 heavy (non-hydrogen) atoms. The number of amides is 3. The van der Waals surface area contributed by atoms with Gasteiger partial charge in [0, 0.05) is 52.7 Å². The summed E-state index contributed by atoms with van der Waals surface area (Å²) in [5, 5.41) is 0. The molecule has 2 saturated heterocycles. The van der Waals surface area contributed by atoms with E-state index in [-0.39, 0.29) is 43.7 Å². The summed E-state index contributed by atoms with van der Waals surface area (Å²) in [5.41, 5.74) is 1.78. The molecule has 2 aromatic carbocycles. The number of piperazine rings is 1. The quantitative estimate of drug-likeness (QED) is 0.562. The topological polar surface area (TPSA) is 70.2 Å². The van der Waals surface area contributed by atoms with Crippen LogP contribution >= 0.6 is 0 Å². The van der Waals surface area contributed by atoms with Crippen molar-refractivity contribution in [2.24, 2.45) is 0 Å². The first kappa shape index (κ1) is 24.1. The smallest absolute Gasteiger partial charge is 0.240 e. The molecule has 0 aromatic heterocycles. The molecule has 1 atom stereocenters. The minimum absolute atomic E-state index is 0.00456. The van der Waals surface area contributed by atoms with Gasteiger partial charge in [0.15, 0.2) is 0 Å². The van der Waals surface area contributed by atoms with Gasteiger partial charge in [-0.3, -0.25) is 24.2 Å². The van der Waals surface area contributed by atoms with E-state index in [2.05, 4.69) is 17.0 Å². The largest absolute Gasteiger partial charge is 0.383 e. The lowest BCUT2D eigenvalue weighted by Gasteiger charge is -2.37. The van der Waals surface area contributed by atoms with Crippen LogP contribution in [0.15, 0.2) is 54.6 Å². The number of hydrogen-bond donors (Lipinski definition) is 0. The van der Waals surface area contributed by atoms with Gasteiger partial charge in [0.2, 0.25) is 17.7 Å². The first-order valence-corrected chi connectivity index (χ1v) is 11.9. The Kier molecular flexibility index (Phi) is 7.44. The van der Waals surface area contributed by atoms with Crippen LogP contribution in [-0.4, -0.2) is 78.9 Å². The van der Waals surface area contributed by atoms with Crippen molar-refractivity contribution >= 4 is 17.7 Å². The number of carbonyl (C=O) groups excluding carboxylic acids is 3. The molecule has 0 aliphatic carbocycles. The monoisotopic (exact) mass is 463 g/mol. The molecule has 0 saturated carbocycles. The fourth-order valence-electron chi connectivity index (χ4n) is 5.13. The van der Waals surface area contributed by atoms with Crippen LogP contribution in [-0.2, 0) is 31.1 Å². The number of rotatable bonds is 8. The van der Waals surface area contributed by atoms with Crippen LogP contribution in [0.2, 0.25) is 0 Å². The number of likely N-dealkylation sites (tertiary alicyclic amines) is 1. The van der Waals surface area contributed by atoms with E-state index in [0.717, 1.165) is 30.8 Å². The summed E-state index contributed by atoms with van der Waals surface area (Å²) >= 11 is 0. The molecule has 0 N–H and O–H groups in total. The Morgan fingerprint density at radius 2 is 1.65 bits per heavy atom. The van der Waals surface area contributed by atoms with Crippen molar-refractivity contribution in [2.75, 3.05) is 46.4 Å². The van der Waals surface area contributed by atoms with Crippen LogP contribution in [0.1, 0.15) is 29.5 Å². The van der Waals surface area contributed by atoms with Crippen LogP contribution in [0.5, 0.6) is 0 Å². The molecule has 2 aliphatic rings. The molecule has 2 aliphatic heterocycles. The van der Waals surface area contributed by atoms with Gasteiger partial charge in [-0.25, -0.2) is 0 Å². The summed E-state index contributed by atoms with van der Waals surface area (Å²) in [5.74, 6) is -0.608. The van der Waals surface area contributed by atoms with Crippen LogP contribution < -0.4 is 0 Å². The molecule has 180 valence electrons. The second-order valence-corrected chi connectivity index (χ2v) is 9.24. The van der Waals surface area contributed by atoms with Gasteiger partial charge in [-0.15, -0.1) is 0 Å². The van der Waals surface area contributed by atoms with E-state index in [9.17, 15) is 14.4 Å². The molecule has 0 spiro atoms. The second kappa shape index (κ2) is 10.5. The number of ether oxygens (including phenoxy) is 1. The predicted molar refractivity (Wildman–Crippen MR) is 129 cm³/mol. The van der Waals surface area contributed by atoms with Gasteiger partial charge in [0.05, 0.1) is 18.6 Å². The Morgan fingerprint density at radius 3 is 2.32 bits per heavy atom. The van der Waals surface area contributed by atoms with Crippen LogP contribution in [0.3, 0.4) is 0 Å². The maximum atomic E-state index is 13.6. The molecular formula is C27H33N3O4. The maximum absolute atomic E-state index is 13.6. The molecule has 7 nitrogen and oxygen atoms in total. The lowest BCUT2D eigenvalue weighted by Crippen LogP contribution is -2.50. The number of methoxy groups -OCH3 is 1. The van der Waals surface area contributed by atoms with Gasteiger partial charge < -0.3 is 9.64 Å². The maximum Gasteiger partial charge on any atom is 0.240 e. The molecule has 4 rings (SSSR count). The Morgan fingerprint density at radius 1 is 0.971 bits per heavy atom. The number of nitrogens with zero attached hydrogens (tertiary/aromatic N) is 3. The highest BCUT2D eigenvalue weighted by atomic mass is 16.5. The number of aryl methyl sites for hydroxylation is 1. The van der Waals surface area contributed by atoms with E-state index in [1.807, 2.05) is 54.3 Å². The van der Waals surface area contributed by atoms with Crippen molar-refractivity contribution in [3.8, 4) is 0 Å². The third kappa shape index (κ3) is 4.91. The third-order valence-corrected chi connectivity index (χ3v) is 7.02. The molecule has 2 fully saturated rings. The van der Waals surface area contributed by atoms with Crippen molar-refractivity contribution in [3.63, 3.8) is 0 Å². The SMILES string of the molecule is COCCN1C(=O)C[C@@](CC(=O)N2CCN(Cc3ccccc3)CC2)(c2ccccc2C)C1=O. The first-order valence-electron chi connectivity index (χ1n) is 11.9. The Hall–Kier alpha value is -3.03.